The second-order valence-electron chi connectivity index (χ2n) is 7.38. The fourth-order valence-electron chi connectivity index (χ4n) is 3.41. The zero-order valence-electron chi connectivity index (χ0n) is 15.7. The van der Waals surface area contributed by atoms with Gasteiger partial charge in [-0.2, -0.15) is 0 Å². The van der Waals surface area contributed by atoms with Crippen molar-refractivity contribution in [2.24, 2.45) is 0 Å². The summed E-state index contributed by atoms with van der Waals surface area (Å²) in [5.41, 5.74) is -1.51. The van der Waals surface area contributed by atoms with E-state index in [-0.39, 0.29) is 30.8 Å². The molecule has 1 fully saturated rings. The van der Waals surface area contributed by atoms with Gasteiger partial charge in [0.05, 0.1) is 22.8 Å². The van der Waals surface area contributed by atoms with Crippen LogP contribution in [0.15, 0.2) is 48.5 Å². The minimum absolute atomic E-state index is 0.0108. The van der Waals surface area contributed by atoms with Crippen molar-refractivity contribution in [3.63, 3.8) is 0 Å². The molecule has 5 nitrogen and oxygen atoms in total. The summed E-state index contributed by atoms with van der Waals surface area (Å²) in [6.07, 6.45) is 0. The van der Waals surface area contributed by atoms with E-state index in [4.69, 9.17) is 0 Å². The number of aliphatic hydroxyl groups is 1. The SMILES string of the molecule is CC(C)(O)C1CN(C(=O)c2ccccc2F)CCN1C(=O)c1ccccc1F. The largest absolute Gasteiger partial charge is 0.388 e. The summed E-state index contributed by atoms with van der Waals surface area (Å²) >= 11 is 0. The molecule has 0 aromatic heterocycles. The van der Waals surface area contributed by atoms with E-state index in [1.165, 1.54) is 60.0 Å². The van der Waals surface area contributed by atoms with Crippen LogP contribution in [0, 0.1) is 11.6 Å². The first-order valence-corrected chi connectivity index (χ1v) is 9.02. The molecule has 1 heterocycles. The Labute approximate surface area is 162 Å². The summed E-state index contributed by atoms with van der Waals surface area (Å²) < 4.78 is 28.1. The molecule has 1 N–H and O–H groups in total. The van der Waals surface area contributed by atoms with Crippen LogP contribution in [-0.2, 0) is 0 Å². The van der Waals surface area contributed by atoms with Crippen molar-refractivity contribution in [2.45, 2.75) is 25.5 Å². The third-order valence-electron chi connectivity index (χ3n) is 4.95. The molecule has 1 unspecified atom stereocenters. The number of nitrogens with zero attached hydrogens (tertiary/aromatic N) is 2. The lowest BCUT2D eigenvalue weighted by molar-refractivity contribution is -0.0417. The summed E-state index contributed by atoms with van der Waals surface area (Å²) in [5, 5.41) is 10.6. The van der Waals surface area contributed by atoms with Gasteiger partial charge in [0.1, 0.15) is 11.6 Å². The molecule has 1 saturated heterocycles. The lowest BCUT2D eigenvalue weighted by Gasteiger charge is -2.46. The van der Waals surface area contributed by atoms with Gasteiger partial charge in [-0.3, -0.25) is 9.59 Å². The van der Waals surface area contributed by atoms with Crippen LogP contribution in [0.1, 0.15) is 34.6 Å². The van der Waals surface area contributed by atoms with Crippen LogP contribution in [0.2, 0.25) is 0 Å². The number of hydrogen-bond acceptors (Lipinski definition) is 3. The first kappa shape index (κ1) is 19.9. The van der Waals surface area contributed by atoms with E-state index in [1.807, 2.05) is 0 Å². The van der Waals surface area contributed by atoms with Gasteiger partial charge in [-0.25, -0.2) is 8.78 Å². The summed E-state index contributed by atoms with van der Waals surface area (Å²) in [6, 6.07) is 10.5. The normalized spacial score (nSPS) is 17.5. The van der Waals surface area contributed by atoms with E-state index in [0.717, 1.165) is 0 Å². The van der Waals surface area contributed by atoms with Crippen LogP contribution in [0.25, 0.3) is 0 Å². The number of halogens is 2. The molecule has 0 saturated carbocycles. The number of hydrogen-bond donors (Lipinski definition) is 1. The average Bonchev–Trinajstić information content (AvgIpc) is 2.66. The van der Waals surface area contributed by atoms with Crippen LogP contribution in [0.5, 0.6) is 0 Å². The van der Waals surface area contributed by atoms with Gasteiger partial charge in [-0.1, -0.05) is 24.3 Å². The van der Waals surface area contributed by atoms with Gasteiger partial charge < -0.3 is 14.9 Å². The molecule has 1 aliphatic heterocycles. The van der Waals surface area contributed by atoms with Crippen LogP contribution < -0.4 is 0 Å². The second-order valence-corrected chi connectivity index (χ2v) is 7.38. The molecular weight excluding hydrogens is 366 g/mol. The molecular formula is C21H22F2N2O3. The molecule has 0 aliphatic carbocycles. The highest BCUT2D eigenvalue weighted by Crippen LogP contribution is 2.25. The Balaban J connectivity index is 1.87. The first-order chi connectivity index (χ1) is 13.2. The number of rotatable bonds is 3. The van der Waals surface area contributed by atoms with Gasteiger partial charge in [0.15, 0.2) is 0 Å². The highest BCUT2D eigenvalue weighted by atomic mass is 19.1. The predicted molar refractivity (Wildman–Crippen MR) is 99.8 cm³/mol. The van der Waals surface area contributed by atoms with Crippen LogP contribution in [0.4, 0.5) is 8.78 Å². The van der Waals surface area contributed by atoms with Gasteiger partial charge in [0, 0.05) is 19.6 Å². The molecule has 0 radical (unpaired) electrons. The van der Waals surface area contributed by atoms with Crippen molar-refractivity contribution in [3.8, 4) is 0 Å². The molecule has 28 heavy (non-hydrogen) atoms. The van der Waals surface area contributed by atoms with Gasteiger partial charge in [0.2, 0.25) is 0 Å². The fourth-order valence-corrected chi connectivity index (χ4v) is 3.41. The van der Waals surface area contributed by atoms with Crippen LogP contribution >= 0.6 is 0 Å². The first-order valence-electron chi connectivity index (χ1n) is 9.02. The quantitative estimate of drug-likeness (QED) is 0.880. The number of carbonyl (C=O) groups is 2. The minimum Gasteiger partial charge on any atom is -0.388 e. The summed E-state index contributed by atoms with van der Waals surface area (Å²) in [7, 11) is 0. The highest BCUT2D eigenvalue weighted by molar-refractivity contribution is 5.96. The highest BCUT2D eigenvalue weighted by Gasteiger charge is 2.41. The Bertz CT molecular complexity index is 895. The van der Waals surface area contributed by atoms with Crippen molar-refractivity contribution in [1.29, 1.82) is 0 Å². The Hall–Kier alpha value is -2.80. The molecule has 0 bridgehead atoms. The zero-order valence-corrected chi connectivity index (χ0v) is 15.7. The van der Waals surface area contributed by atoms with Crippen molar-refractivity contribution in [1.82, 2.24) is 9.80 Å². The summed E-state index contributed by atoms with van der Waals surface area (Å²) in [5.74, 6) is -2.34. The second kappa shape index (κ2) is 7.67. The van der Waals surface area contributed by atoms with E-state index in [1.54, 1.807) is 12.1 Å². The van der Waals surface area contributed by atoms with Crippen molar-refractivity contribution in [3.05, 3.63) is 71.3 Å². The van der Waals surface area contributed by atoms with E-state index >= 15 is 0 Å². The number of benzene rings is 2. The predicted octanol–water partition coefficient (Wildman–Crippen LogP) is 2.70. The minimum atomic E-state index is -1.35. The van der Waals surface area contributed by atoms with E-state index in [0.29, 0.717) is 0 Å². The van der Waals surface area contributed by atoms with E-state index < -0.39 is 35.1 Å². The maximum atomic E-state index is 14.1. The standard InChI is InChI=1S/C21H22F2N2O3/c1-21(2,28)18-13-24(19(26)14-7-3-5-9-16(14)22)11-12-25(18)20(27)15-8-4-6-10-17(15)23/h3-10,18,28H,11-13H2,1-2H3. The molecule has 7 heteroatoms. The maximum Gasteiger partial charge on any atom is 0.257 e. The van der Waals surface area contributed by atoms with Gasteiger partial charge in [0.25, 0.3) is 11.8 Å². The van der Waals surface area contributed by atoms with Gasteiger partial charge in [-0.05, 0) is 38.1 Å². The summed E-state index contributed by atoms with van der Waals surface area (Å²) in [4.78, 5) is 28.4. The molecule has 2 amide bonds. The molecule has 0 spiro atoms. The van der Waals surface area contributed by atoms with Crippen LogP contribution in [-0.4, -0.2) is 58.0 Å². The Morgan fingerprint density at radius 3 is 1.93 bits per heavy atom. The third-order valence-corrected chi connectivity index (χ3v) is 4.95. The van der Waals surface area contributed by atoms with Crippen molar-refractivity contribution in [2.75, 3.05) is 19.6 Å². The third kappa shape index (κ3) is 3.89. The Morgan fingerprint density at radius 2 is 1.43 bits per heavy atom. The molecule has 2 aromatic rings. The number of piperazine rings is 1. The smallest absolute Gasteiger partial charge is 0.257 e. The van der Waals surface area contributed by atoms with Crippen molar-refractivity contribution >= 4 is 11.8 Å². The molecule has 1 atom stereocenters. The van der Waals surface area contributed by atoms with Crippen molar-refractivity contribution < 1.29 is 23.5 Å². The van der Waals surface area contributed by atoms with Gasteiger partial charge >= 0.3 is 0 Å². The molecule has 148 valence electrons. The van der Waals surface area contributed by atoms with E-state index in [9.17, 15) is 23.5 Å². The Morgan fingerprint density at radius 1 is 0.929 bits per heavy atom. The van der Waals surface area contributed by atoms with E-state index in [2.05, 4.69) is 0 Å². The average molecular weight is 388 g/mol. The lowest BCUT2D eigenvalue weighted by Crippen LogP contribution is -2.63. The number of amides is 2. The monoisotopic (exact) mass is 388 g/mol. The molecule has 2 aromatic carbocycles. The summed E-state index contributed by atoms with van der Waals surface area (Å²) in [6.45, 7) is 3.31. The molecule has 3 rings (SSSR count). The fraction of sp³-hybridized carbons (Fsp3) is 0.333. The Kier molecular flexibility index (Phi) is 5.47. The number of carbonyl (C=O) groups excluding carboxylic acids is 2. The lowest BCUT2D eigenvalue weighted by atomic mass is 9.93. The zero-order chi connectivity index (χ0) is 20.5. The van der Waals surface area contributed by atoms with Crippen LogP contribution in [0.3, 0.4) is 0 Å². The maximum absolute atomic E-state index is 14.1. The van der Waals surface area contributed by atoms with Gasteiger partial charge in [-0.15, -0.1) is 0 Å². The molecule has 1 aliphatic rings. The topological polar surface area (TPSA) is 60.9 Å².